The Balaban J connectivity index is 0.00000338. The molecule has 0 aliphatic carbocycles. The zero-order valence-electron chi connectivity index (χ0n) is 14.6. The van der Waals surface area contributed by atoms with Crippen LogP contribution >= 0.6 is 35.3 Å². The average Bonchev–Trinajstić information content (AvgIpc) is 3.07. The van der Waals surface area contributed by atoms with Gasteiger partial charge in [-0.3, -0.25) is 4.90 Å². The molecule has 6 nitrogen and oxygen atoms in total. The van der Waals surface area contributed by atoms with Crippen LogP contribution in [-0.4, -0.2) is 61.8 Å². The fourth-order valence-corrected chi connectivity index (χ4v) is 3.06. The highest BCUT2D eigenvalue weighted by Crippen LogP contribution is 2.30. The molecule has 2 rings (SSSR count). The van der Waals surface area contributed by atoms with E-state index >= 15 is 0 Å². The van der Waals surface area contributed by atoms with Crippen LogP contribution in [0, 0.1) is 0 Å². The van der Waals surface area contributed by atoms with Gasteiger partial charge in [0.1, 0.15) is 5.01 Å². The third kappa shape index (κ3) is 8.35. The van der Waals surface area contributed by atoms with Crippen molar-refractivity contribution in [1.82, 2.24) is 20.5 Å². The zero-order valence-corrected chi connectivity index (χ0v) is 17.8. The number of alkyl halides is 3. The Hall–Kier alpha value is -0.660. The molecule has 1 aliphatic rings. The maximum atomic E-state index is 12.6. The molecule has 26 heavy (non-hydrogen) atoms. The standard InChI is InChI=1S/C15H24F3N5OS.HI/c1-2-19-14(20-4-3-5-23-6-8-24-9-7-23)21-10-13-22-12(11-25-13)15(16,17)18;/h11H,2-10H2,1H3,(H2,19,20,21);1H. The predicted octanol–water partition coefficient (Wildman–Crippen LogP) is 2.56. The first kappa shape index (κ1) is 23.4. The summed E-state index contributed by atoms with van der Waals surface area (Å²) in [7, 11) is 0. The molecule has 0 bridgehead atoms. The van der Waals surface area contributed by atoms with E-state index in [0.29, 0.717) is 17.5 Å². The van der Waals surface area contributed by atoms with Gasteiger partial charge in [0, 0.05) is 31.6 Å². The topological polar surface area (TPSA) is 61.8 Å². The van der Waals surface area contributed by atoms with Gasteiger partial charge in [-0.2, -0.15) is 13.2 Å². The van der Waals surface area contributed by atoms with Gasteiger partial charge in [0.2, 0.25) is 0 Å². The third-order valence-electron chi connectivity index (χ3n) is 3.61. The summed E-state index contributed by atoms with van der Waals surface area (Å²) in [5.74, 6) is 0.591. The van der Waals surface area contributed by atoms with Gasteiger partial charge in [0.25, 0.3) is 0 Å². The molecule has 1 aliphatic heterocycles. The number of morpholine rings is 1. The largest absolute Gasteiger partial charge is 0.434 e. The lowest BCUT2D eigenvalue weighted by atomic mass is 10.3. The first-order chi connectivity index (χ1) is 12.0. The molecule has 0 amide bonds. The summed E-state index contributed by atoms with van der Waals surface area (Å²) in [5.41, 5.74) is -0.855. The first-order valence-corrected chi connectivity index (χ1v) is 9.21. The van der Waals surface area contributed by atoms with Gasteiger partial charge in [-0.05, 0) is 19.9 Å². The van der Waals surface area contributed by atoms with Crippen molar-refractivity contribution in [2.75, 3.05) is 45.9 Å². The van der Waals surface area contributed by atoms with Gasteiger partial charge in [-0.15, -0.1) is 35.3 Å². The van der Waals surface area contributed by atoms with Gasteiger partial charge in [-0.25, -0.2) is 9.98 Å². The molecule has 0 radical (unpaired) electrons. The monoisotopic (exact) mass is 507 g/mol. The Morgan fingerprint density at radius 3 is 2.69 bits per heavy atom. The van der Waals surface area contributed by atoms with Crippen molar-refractivity contribution in [3.63, 3.8) is 0 Å². The second-order valence-corrected chi connectivity index (χ2v) is 6.50. The highest BCUT2D eigenvalue weighted by atomic mass is 127. The molecule has 1 fully saturated rings. The van der Waals surface area contributed by atoms with E-state index in [2.05, 4.69) is 25.5 Å². The fourth-order valence-electron chi connectivity index (χ4n) is 2.34. The molecule has 11 heteroatoms. The summed E-state index contributed by atoms with van der Waals surface area (Å²) >= 11 is 0.971. The molecule has 2 N–H and O–H groups in total. The van der Waals surface area contributed by atoms with Crippen molar-refractivity contribution in [3.05, 3.63) is 16.1 Å². The number of aromatic nitrogens is 1. The van der Waals surface area contributed by atoms with Crippen LogP contribution in [0.2, 0.25) is 0 Å². The molecule has 1 aromatic heterocycles. The van der Waals surface area contributed by atoms with E-state index in [1.54, 1.807) is 0 Å². The number of aliphatic imine (C=N–C) groups is 1. The number of nitrogens with one attached hydrogen (secondary N) is 2. The molecule has 0 atom stereocenters. The number of thiazole rings is 1. The number of halogens is 4. The molecule has 0 unspecified atom stereocenters. The summed E-state index contributed by atoms with van der Waals surface area (Å²) in [6.07, 6.45) is -3.44. The molecule has 1 saturated heterocycles. The highest BCUT2D eigenvalue weighted by Gasteiger charge is 2.33. The van der Waals surface area contributed by atoms with Crippen molar-refractivity contribution in [2.45, 2.75) is 26.1 Å². The van der Waals surface area contributed by atoms with E-state index in [1.807, 2.05) is 6.92 Å². The summed E-state index contributed by atoms with van der Waals surface area (Å²) in [5, 5.41) is 7.66. The minimum atomic E-state index is -4.40. The maximum Gasteiger partial charge on any atom is 0.434 e. The predicted molar refractivity (Wildman–Crippen MR) is 107 cm³/mol. The quantitative estimate of drug-likeness (QED) is 0.257. The highest BCUT2D eigenvalue weighted by molar-refractivity contribution is 14.0. The molecule has 0 spiro atoms. The van der Waals surface area contributed by atoms with E-state index in [-0.39, 0.29) is 30.5 Å². The van der Waals surface area contributed by atoms with Crippen molar-refractivity contribution >= 4 is 41.3 Å². The molecule has 0 aromatic carbocycles. The lowest BCUT2D eigenvalue weighted by Crippen LogP contribution is -2.40. The van der Waals surface area contributed by atoms with Gasteiger partial charge in [-0.1, -0.05) is 0 Å². The van der Waals surface area contributed by atoms with E-state index < -0.39 is 11.9 Å². The van der Waals surface area contributed by atoms with Crippen LogP contribution in [-0.2, 0) is 17.5 Å². The van der Waals surface area contributed by atoms with Crippen molar-refractivity contribution in [1.29, 1.82) is 0 Å². The van der Waals surface area contributed by atoms with E-state index in [0.717, 1.165) is 62.5 Å². The van der Waals surface area contributed by atoms with Gasteiger partial charge >= 0.3 is 6.18 Å². The molecule has 0 saturated carbocycles. The van der Waals surface area contributed by atoms with Gasteiger partial charge in [0.05, 0.1) is 19.8 Å². The average molecular weight is 507 g/mol. The van der Waals surface area contributed by atoms with Crippen LogP contribution in [0.5, 0.6) is 0 Å². The number of hydrogen-bond donors (Lipinski definition) is 2. The molecule has 1 aromatic rings. The lowest BCUT2D eigenvalue weighted by Gasteiger charge is -2.26. The van der Waals surface area contributed by atoms with Crippen LogP contribution in [0.3, 0.4) is 0 Å². The minimum absolute atomic E-state index is 0. The van der Waals surface area contributed by atoms with Crippen LogP contribution < -0.4 is 10.6 Å². The Kier molecular flexibility index (Phi) is 10.7. The first-order valence-electron chi connectivity index (χ1n) is 8.33. The van der Waals surface area contributed by atoms with E-state index in [1.165, 1.54) is 0 Å². The Morgan fingerprint density at radius 2 is 2.08 bits per heavy atom. The number of rotatable bonds is 7. The lowest BCUT2D eigenvalue weighted by molar-refractivity contribution is -0.140. The molecular weight excluding hydrogens is 482 g/mol. The van der Waals surface area contributed by atoms with Crippen LogP contribution in [0.15, 0.2) is 10.4 Å². The Labute approximate surface area is 172 Å². The smallest absolute Gasteiger partial charge is 0.379 e. The number of guanidine groups is 1. The van der Waals surface area contributed by atoms with Gasteiger partial charge in [0.15, 0.2) is 11.7 Å². The Bertz CT molecular complexity index is 550. The summed E-state index contributed by atoms with van der Waals surface area (Å²) in [6.45, 7) is 7.96. The number of hydrogen-bond acceptors (Lipinski definition) is 5. The Morgan fingerprint density at radius 1 is 1.35 bits per heavy atom. The minimum Gasteiger partial charge on any atom is -0.379 e. The van der Waals surface area contributed by atoms with Crippen LogP contribution in [0.1, 0.15) is 24.0 Å². The summed E-state index contributed by atoms with van der Waals surface area (Å²) in [4.78, 5) is 10.2. The second kappa shape index (κ2) is 11.9. The molecular formula is C15H25F3IN5OS. The van der Waals surface area contributed by atoms with E-state index in [4.69, 9.17) is 4.74 Å². The summed E-state index contributed by atoms with van der Waals surface area (Å²) in [6, 6.07) is 0. The molecule has 2 heterocycles. The van der Waals surface area contributed by atoms with Crippen molar-refractivity contribution < 1.29 is 17.9 Å². The van der Waals surface area contributed by atoms with E-state index in [9.17, 15) is 13.2 Å². The summed E-state index contributed by atoms with van der Waals surface area (Å²) < 4.78 is 43.0. The van der Waals surface area contributed by atoms with Gasteiger partial charge < -0.3 is 15.4 Å². The molecule has 150 valence electrons. The van der Waals surface area contributed by atoms with Crippen LogP contribution in [0.4, 0.5) is 13.2 Å². The second-order valence-electron chi connectivity index (χ2n) is 5.55. The SMILES string of the molecule is CCNC(=NCc1nc(C(F)(F)F)cs1)NCCCN1CCOCC1.I. The fraction of sp³-hybridized carbons (Fsp3) is 0.733. The van der Waals surface area contributed by atoms with Crippen molar-refractivity contribution in [2.24, 2.45) is 4.99 Å². The van der Waals surface area contributed by atoms with Crippen LogP contribution in [0.25, 0.3) is 0 Å². The zero-order chi connectivity index (χ0) is 18.1. The maximum absolute atomic E-state index is 12.6. The number of ether oxygens (including phenoxy) is 1. The van der Waals surface area contributed by atoms with Crippen molar-refractivity contribution in [3.8, 4) is 0 Å². The third-order valence-corrected chi connectivity index (χ3v) is 4.44. The normalized spacial score (nSPS) is 16.2. The number of nitrogens with zero attached hydrogens (tertiary/aromatic N) is 3.